The van der Waals surface area contributed by atoms with Gasteiger partial charge in [0, 0.05) is 6.42 Å². The Kier molecular flexibility index (Phi) is 1.90. The fraction of sp³-hybridized carbons (Fsp3) is 0.875. The molecule has 2 aliphatic rings. The molecule has 0 aromatic rings. The summed E-state index contributed by atoms with van der Waals surface area (Å²) in [4.78, 5) is 11.2. The second-order valence-electron chi connectivity index (χ2n) is 3.24. The summed E-state index contributed by atoms with van der Waals surface area (Å²) < 4.78 is 10.0. The van der Waals surface area contributed by atoms with E-state index in [0.717, 1.165) is 6.42 Å². The first-order chi connectivity index (χ1) is 5.72. The fourth-order valence-corrected chi connectivity index (χ4v) is 1.82. The lowest BCUT2D eigenvalue weighted by molar-refractivity contribution is -0.326. The van der Waals surface area contributed by atoms with Crippen molar-refractivity contribution in [2.45, 2.75) is 25.2 Å². The second-order valence-corrected chi connectivity index (χ2v) is 3.24. The van der Waals surface area contributed by atoms with E-state index in [9.17, 15) is 9.90 Å². The fourth-order valence-electron chi connectivity index (χ4n) is 1.82. The lowest BCUT2D eigenvalue weighted by Crippen LogP contribution is -2.41. The predicted octanol–water partition coefficient (Wildman–Crippen LogP) is 0.0485. The van der Waals surface area contributed by atoms with E-state index in [0.29, 0.717) is 26.1 Å². The maximum absolute atomic E-state index is 11.2. The molecule has 2 fully saturated rings. The molecule has 0 aromatic heterocycles. The van der Waals surface area contributed by atoms with Gasteiger partial charge in [0.05, 0.1) is 19.1 Å². The quantitative estimate of drug-likeness (QED) is 0.607. The van der Waals surface area contributed by atoms with Crippen LogP contribution in [0.1, 0.15) is 19.3 Å². The van der Waals surface area contributed by atoms with Gasteiger partial charge in [0.2, 0.25) is 0 Å². The molecule has 1 heterocycles. The molecule has 0 radical (unpaired) electrons. The molecule has 0 bridgehead atoms. The monoisotopic (exact) mass is 172 g/mol. The van der Waals surface area contributed by atoms with E-state index >= 15 is 0 Å². The van der Waals surface area contributed by atoms with E-state index in [1.807, 2.05) is 0 Å². The number of Topliss-reactive ketones (excluding diaryl/α,β-unsaturated/α-hetero) is 1. The smallest absolute Gasteiger partial charge is 0.290 e. The highest BCUT2D eigenvalue weighted by molar-refractivity contribution is 5.83. The molecule has 68 valence electrons. The number of aliphatic hydroxyl groups is 1. The highest BCUT2D eigenvalue weighted by Crippen LogP contribution is 2.35. The summed E-state index contributed by atoms with van der Waals surface area (Å²) in [6, 6.07) is 0. The number of ether oxygens (including phenoxy) is 2. The Morgan fingerprint density at radius 1 is 1.42 bits per heavy atom. The minimum atomic E-state index is -1.60. The highest BCUT2D eigenvalue weighted by atomic mass is 16.8. The van der Waals surface area contributed by atoms with Crippen LogP contribution in [-0.4, -0.2) is 30.1 Å². The van der Waals surface area contributed by atoms with Crippen molar-refractivity contribution in [2.75, 3.05) is 13.2 Å². The van der Waals surface area contributed by atoms with Crippen LogP contribution in [0, 0.1) is 5.92 Å². The van der Waals surface area contributed by atoms with Gasteiger partial charge in [0.1, 0.15) is 5.78 Å². The van der Waals surface area contributed by atoms with E-state index in [2.05, 4.69) is 0 Å². The third kappa shape index (κ3) is 1.16. The van der Waals surface area contributed by atoms with Crippen LogP contribution < -0.4 is 0 Å². The zero-order valence-electron chi connectivity index (χ0n) is 6.78. The van der Waals surface area contributed by atoms with Crippen molar-refractivity contribution in [1.29, 1.82) is 0 Å². The maximum Gasteiger partial charge on any atom is 0.290 e. The number of hydrogen-bond donors (Lipinski definition) is 1. The summed E-state index contributed by atoms with van der Waals surface area (Å²) >= 11 is 0. The number of rotatable bonds is 1. The van der Waals surface area contributed by atoms with Crippen molar-refractivity contribution in [1.82, 2.24) is 0 Å². The molecule has 2 rings (SSSR count). The first-order valence-electron chi connectivity index (χ1n) is 4.25. The normalized spacial score (nSPS) is 34.4. The van der Waals surface area contributed by atoms with Gasteiger partial charge in [-0.3, -0.25) is 4.79 Å². The van der Waals surface area contributed by atoms with Crippen molar-refractivity contribution in [2.24, 2.45) is 5.92 Å². The maximum atomic E-state index is 11.2. The first kappa shape index (κ1) is 8.16. The third-order valence-electron chi connectivity index (χ3n) is 2.45. The lowest BCUT2D eigenvalue weighted by Gasteiger charge is -2.25. The molecule has 1 saturated carbocycles. The third-order valence-corrected chi connectivity index (χ3v) is 2.45. The Labute approximate surface area is 70.5 Å². The van der Waals surface area contributed by atoms with Crippen LogP contribution in [0.5, 0.6) is 0 Å². The minimum absolute atomic E-state index is 0.0550. The van der Waals surface area contributed by atoms with Crippen LogP contribution in [-0.2, 0) is 14.3 Å². The summed E-state index contributed by atoms with van der Waals surface area (Å²) in [6.07, 6.45) is 2.05. The minimum Gasteiger partial charge on any atom is -0.343 e. The summed E-state index contributed by atoms with van der Waals surface area (Å²) in [7, 11) is 0. The van der Waals surface area contributed by atoms with Gasteiger partial charge in [-0.15, -0.1) is 0 Å². The van der Waals surface area contributed by atoms with Crippen LogP contribution in [0.3, 0.4) is 0 Å². The summed E-state index contributed by atoms with van der Waals surface area (Å²) in [5.41, 5.74) is 0. The molecule has 1 aliphatic heterocycles. The van der Waals surface area contributed by atoms with Crippen LogP contribution in [0.2, 0.25) is 0 Å². The molecule has 4 nitrogen and oxygen atoms in total. The summed E-state index contributed by atoms with van der Waals surface area (Å²) in [5.74, 6) is -2.01. The van der Waals surface area contributed by atoms with Crippen LogP contribution in [0.4, 0.5) is 0 Å². The standard InChI is InChI=1S/C8H12O4/c9-7-3-1-2-6(7)8(10)11-4-5-12-8/h6,10H,1-5H2. The largest absolute Gasteiger partial charge is 0.343 e. The molecular formula is C8H12O4. The van der Waals surface area contributed by atoms with Crippen LogP contribution in [0.25, 0.3) is 0 Å². The molecule has 0 spiro atoms. The molecule has 12 heavy (non-hydrogen) atoms. The average Bonchev–Trinajstić information content (AvgIpc) is 2.59. The Hall–Kier alpha value is -0.450. The van der Waals surface area contributed by atoms with Crippen molar-refractivity contribution >= 4 is 5.78 Å². The zero-order valence-corrected chi connectivity index (χ0v) is 6.78. The van der Waals surface area contributed by atoms with E-state index in [4.69, 9.17) is 9.47 Å². The van der Waals surface area contributed by atoms with Crippen molar-refractivity contribution in [3.8, 4) is 0 Å². The van der Waals surface area contributed by atoms with E-state index < -0.39 is 11.9 Å². The highest BCUT2D eigenvalue weighted by Gasteiger charge is 2.48. The van der Waals surface area contributed by atoms with Gasteiger partial charge < -0.3 is 14.6 Å². The molecule has 1 saturated heterocycles. The molecule has 0 amide bonds. The van der Waals surface area contributed by atoms with Crippen molar-refractivity contribution in [3.05, 3.63) is 0 Å². The van der Waals surface area contributed by atoms with Gasteiger partial charge in [0.15, 0.2) is 0 Å². The van der Waals surface area contributed by atoms with E-state index in [-0.39, 0.29) is 5.78 Å². The Balaban J connectivity index is 2.11. The summed E-state index contributed by atoms with van der Waals surface area (Å²) in [6.45, 7) is 0.751. The molecule has 1 atom stereocenters. The average molecular weight is 172 g/mol. The Morgan fingerprint density at radius 3 is 2.58 bits per heavy atom. The number of carbonyl (C=O) groups excluding carboxylic acids is 1. The molecule has 1 unspecified atom stereocenters. The topological polar surface area (TPSA) is 55.8 Å². The lowest BCUT2D eigenvalue weighted by atomic mass is 10.1. The number of carbonyl (C=O) groups is 1. The molecule has 4 heteroatoms. The van der Waals surface area contributed by atoms with Gasteiger partial charge in [-0.25, -0.2) is 0 Å². The van der Waals surface area contributed by atoms with Gasteiger partial charge in [-0.2, -0.15) is 0 Å². The number of ketones is 1. The zero-order chi connectivity index (χ0) is 8.60. The van der Waals surface area contributed by atoms with Crippen molar-refractivity contribution < 1.29 is 19.4 Å². The summed E-state index contributed by atoms with van der Waals surface area (Å²) in [5, 5.41) is 9.70. The van der Waals surface area contributed by atoms with Gasteiger partial charge in [0.25, 0.3) is 5.97 Å². The molecule has 0 aromatic carbocycles. The van der Waals surface area contributed by atoms with Gasteiger partial charge in [-0.1, -0.05) is 0 Å². The van der Waals surface area contributed by atoms with Crippen molar-refractivity contribution in [3.63, 3.8) is 0 Å². The molecule has 1 N–H and O–H groups in total. The van der Waals surface area contributed by atoms with E-state index in [1.165, 1.54) is 0 Å². The Morgan fingerprint density at radius 2 is 2.08 bits per heavy atom. The van der Waals surface area contributed by atoms with Crippen LogP contribution in [0.15, 0.2) is 0 Å². The number of hydrogen-bond acceptors (Lipinski definition) is 4. The second kappa shape index (κ2) is 2.80. The molecular weight excluding hydrogens is 160 g/mol. The first-order valence-corrected chi connectivity index (χ1v) is 4.25. The molecule has 1 aliphatic carbocycles. The van der Waals surface area contributed by atoms with E-state index in [1.54, 1.807) is 0 Å². The van der Waals surface area contributed by atoms with Gasteiger partial charge >= 0.3 is 0 Å². The predicted molar refractivity (Wildman–Crippen MR) is 39.2 cm³/mol. The SMILES string of the molecule is O=C1CCCC1C1(O)OCCO1. The van der Waals surface area contributed by atoms with Gasteiger partial charge in [-0.05, 0) is 12.8 Å². The Bertz CT molecular complexity index is 195. The van der Waals surface area contributed by atoms with Crippen LogP contribution >= 0.6 is 0 Å².